The largest absolute Gasteiger partial charge is 0.396 e. The topological polar surface area (TPSA) is 72.2 Å². The Balaban J connectivity index is 2.32. The third kappa shape index (κ3) is 3.55. The van der Waals surface area contributed by atoms with Crippen LogP contribution in [0.2, 0.25) is 0 Å². The minimum Gasteiger partial charge on any atom is -0.396 e. The van der Waals surface area contributed by atoms with Crippen LogP contribution >= 0.6 is 0 Å². The highest BCUT2D eigenvalue weighted by atomic mass is 32.2. The summed E-state index contributed by atoms with van der Waals surface area (Å²) in [7, 11) is -3.33. The Hall–Kier alpha value is -2.01. The minimum atomic E-state index is -3.33. The number of benzene rings is 2. The van der Waals surface area contributed by atoms with Crippen LogP contribution in [-0.2, 0) is 9.84 Å². The van der Waals surface area contributed by atoms with Crippen LogP contribution in [0.3, 0.4) is 0 Å². The third-order valence-electron chi connectivity index (χ3n) is 3.32. The maximum atomic E-state index is 11.7. The van der Waals surface area contributed by atoms with Crippen molar-refractivity contribution in [3.63, 3.8) is 0 Å². The third-order valence-corrected chi connectivity index (χ3v) is 4.48. The van der Waals surface area contributed by atoms with Crippen molar-refractivity contribution in [3.05, 3.63) is 48.0 Å². The summed E-state index contributed by atoms with van der Waals surface area (Å²) in [6, 6.07) is 13.0. The second kappa shape index (κ2) is 5.77. The van der Waals surface area contributed by atoms with Gasteiger partial charge in [-0.1, -0.05) is 32.0 Å². The van der Waals surface area contributed by atoms with Crippen LogP contribution in [0.25, 0.3) is 0 Å². The molecule has 0 aliphatic rings. The number of hydrogen-bond acceptors (Lipinski definition) is 4. The number of para-hydroxylation sites is 1. The van der Waals surface area contributed by atoms with Gasteiger partial charge >= 0.3 is 0 Å². The summed E-state index contributed by atoms with van der Waals surface area (Å²) in [5, 5.41) is 3.16. The molecular weight excluding hydrogens is 284 g/mol. The number of nitrogens with two attached hydrogens (primary N) is 1. The second-order valence-electron chi connectivity index (χ2n) is 5.39. The molecule has 3 N–H and O–H groups in total. The zero-order chi connectivity index (χ0) is 15.6. The Morgan fingerprint density at radius 3 is 2.19 bits per heavy atom. The monoisotopic (exact) mass is 304 g/mol. The summed E-state index contributed by atoms with van der Waals surface area (Å²) >= 11 is 0. The van der Waals surface area contributed by atoms with Gasteiger partial charge in [0.1, 0.15) is 0 Å². The first-order valence-electron chi connectivity index (χ1n) is 6.74. The SMILES string of the molecule is CC(C)c1ccc(Nc2cccc(S(C)(=O)=O)c2N)cc1. The summed E-state index contributed by atoms with van der Waals surface area (Å²) in [5.41, 5.74) is 8.91. The van der Waals surface area contributed by atoms with Gasteiger partial charge in [-0.25, -0.2) is 8.42 Å². The molecule has 112 valence electrons. The van der Waals surface area contributed by atoms with E-state index in [1.807, 2.05) is 24.3 Å². The Kier molecular flexibility index (Phi) is 4.23. The molecule has 0 aliphatic heterocycles. The van der Waals surface area contributed by atoms with Crippen LogP contribution in [0, 0.1) is 0 Å². The molecule has 2 aromatic rings. The van der Waals surface area contributed by atoms with Gasteiger partial charge in [0.2, 0.25) is 0 Å². The van der Waals surface area contributed by atoms with Crippen molar-refractivity contribution < 1.29 is 8.42 Å². The van der Waals surface area contributed by atoms with E-state index >= 15 is 0 Å². The molecule has 0 bridgehead atoms. The average molecular weight is 304 g/mol. The van der Waals surface area contributed by atoms with Crippen LogP contribution in [-0.4, -0.2) is 14.7 Å². The summed E-state index contributed by atoms with van der Waals surface area (Å²) in [4.78, 5) is 0.145. The molecule has 4 nitrogen and oxygen atoms in total. The maximum Gasteiger partial charge on any atom is 0.177 e. The molecule has 2 aromatic carbocycles. The molecule has 2 rings (SSSR count). The summed E-state index contributed by atoms with van der Waals surface area (Å²) in [5.74, 6) is 0.470. The Morgan fingerprint density at radius 1 is 1.05 bits per heavy atom. The standard InChI is InChI=1S/C16H20N2O2S/c1-11(2)12-7-9-13(10-8-12)18-14-5-4-6-15(16(14)17)21(3,19)20/h4-11,18H,17H2,1-3H3. The maximum absolute atomic E-state index is 11.7. The van der Waals surface area contributed by atoms with Gasteiger partial charge < -0.3 is 11.1 Å². The first-order valence-corrected chi connectivity index (χ1v) is 8.63. The smallest absolute Gasteiger partial charge is 0.177 e. The fourth-order valence-corrected chi connectivity index (χ4v) is 2.92. The molecule has 0 saturated heterocycles. The fraction of sp³-hybridized carbons (Fsp3) is 0.250. The minimum absolute atomic E-state index is 0.145. The Bertz CT molecular complexity index is 735. The Labute approximate surface area is 125 Å². The van der Waals surface area contributed by atoms with E-state index < -0.39 is 9.84 Å². The van der Waals surface area contributed by atoms with Gasteiger partial charge in [0.25, 0.3) is 0 Å². The van der Waals surface area contributed by atoms with Gasteiger partial charge in [-0.15, -0.1) is 0 Å². The lowest BCUT2D eigenvalue weighted by molar-refractivity contribution is 0.602. The summed E-state index contributed by atoms with van der Waals surface area (Å²) in [6.45, 7) is 4.27. The van der Waals surface area contributed by atoms with Crippen molar-refractivity contribution in [2.45, 2.75) is 24.7 Å². The molecule has 0 aliphatic carbocycles. The normalized spacial score (nSPS) is 11.6. The van der Waals surface area contributed by atoms with Crippen LogP contribution < -0.4 is 11.1 Å². The van der Waals surface area contributed by atoms with Crippen molar-refractivity contribution in [2.24, 2.45) is 0 Å². The number of sulfone groups is 1. The van der Waals surface area contributed by atoms with E-state index in [-0.39, 0.29) is 10.6 Å². The van der Waals surface area contributed by atoms with Crippen molar-refractivity contribution in [1.29, 1.82) is 0 Å². The summed E-state index contributed by atoms with van der Waals surface area (Å²) < 4.78 is 23.3. The van der Waals surface area contributed by atoms with Gasteiger partial charge in [0.05, 0.1) is 16.3 Å². The number of nitrogens with one attached hydrogen (secondary N) is 1. The summed E-state index contributed by atoms with van der Waals surface area (Å²) in [6.07, 6.45) is 1.15. The lowest BCUT2D eigenvalue weighted by Crippen LogP contribution is -2.05. The van der Waals surface area contributed by atoms with E-state index in [0.29, 0.717) is 11.6 Å². The predicted octanol–water partition coefficient (Wildman–Crippen LogP) is 3.54. The van der Waals surface area contributed by atoms with Crippen molar-refractivity contribution >= 4 is 26.9 Å². The average Bonchev–Trinajstić information content (AvgIpc) is 2.40. The number of hydrogen-bond donors (Lipinski definition) is 2. The van der Waals surface area contributed by atoms with Crippen molar-refractivity contribution in [2.75, 3.05) is 17.3 Å². The van der Waals surface area contributed by atoms with E-state index in [9.17, 15) is 8.42 Å². The number of nitrogen functional groups attached to an aromatic ring is 1. The van der Waals surface area contributed by atoms with Gasteiger partial charge in [-0.05, 0) is 35.7 Å². The van der Waals surface area contributed by atoms with E-state index in [0.717, 1.165) is 11.9 Å². The quantitative estimate of drug-likeness (QED) is 0.847. The molecule has 0 amide bonds. The lowest BCUT2D eigenvalue weighted by atomic mass is 10.0. The zero-order valence-electron chi connectivity index (χ0n) is 12.4. The van der Waals surface area contributed by atoms with Gasteiger partial charge in [-0.3, -0.25) is 0 Å². The number of rotatable bonds is 4. The molecule has 0 unspecified atom stereocenters. The Morgan fingerprint density at radius 2 is 1.67 bits per heavy atom. The molecular formula is C16H20N2O2S. The van der Waals surface area contributed by atoms with E-state index in [2.05, 4.69) is 19.2 Å². The van der Waals surface area contributed by atoms with Gasteiger partial charge in [0.15, 0.2) is 9.84 Å². The van der Waals surface area contributed by atoms with Crippen molar-refractivity contribution in [1.82, 2.24) is 0 Å². The highest BCUT2D eigenvalue weighted by Crippen LogP contribution is 2.29. The first-order chi connectivity index (χ1) is 9.79. The van der Waals surface area contributed by atoms with Crippen LogP contribution in [0.4, 0.5) is 17.1 Å². The van der Waals surface area contributed by atoms with Crippen LogP contribution in [0.5, 0.6) is 0 Å². The van der Waals surface area contributed by atoms with Crippen molar-refractivity contribution in [3.8, 4) is 0 Å². The molecule has 0 heterocycles. The highest BCUT2D eigenvalue weighted by Gasteiger charge is 2.14. The molecule has 0 aromatic heterocycles. The zero-order valence-corrected chi connectivity index (χ0v) is 13.2. The van der Waals surface area contributed by atoms with E-state index in [1.165, 1.54) is 11.6 Å². The van der Waals surface area contributed by atoms with Gasteiger partial charge in [-0.2, -0.15) is 0 Å². The van der Waals surface area contributed by atoms with Gasteiger partial charge in [0, 0.05) is 11.9 Å². The number of anilines is 3. The lowest BCUT2D eigenvalue weighted by Gasteiger charge is -2.13. The fourth-order valence-electron chi connectivity index (χ4n) is 2.08. The second-order valence-corrected chi connectivity index (χ2v) is 7.38. The molecule has 0 radical (unpaired) electrons. The van der Waals surface area contributed by atoms with E-state index in [4.69, 9.17) is 5.73 Å². The molecule has 0 spiro atoms. The van der Waals surface area contributed by atoms with E-state index in [1.54, 1.807) is 12.1 Å². The molecule has 21 heavy (non-hydrogen) atoms. The molecule has 5 heteroatoms. The predicted molar refractivity (Wildman–Crippen MR) is 87.8 cm³/mol. The molecule has 0 fully saturated rings. The van der Waals surface area contributed by atoms with Crippen LogP contribution in [0.1, 0.15) is 25.3 Å². The first kappa shape index (κ1) is 15.4. The molecule has 0 atom stereocenters. The molecule has 0 saturated carbocycles. The van der Waals surface area contributed by atoms with Crippen LogP contribution in [0.15, 0.2) is 47.4 Å². The highest BCUT2D eigenvalue weighted by molar-refractivity contribution is 7.90.